The molecule has 1 aromatic rings. The van der Waals surface area contributed by atoms with Crippen LogP contribution in [-0.2, 0) is 0 Å². The van der Waals surface area contributed by atoms with Gasteiger partial charge in [0.1, 0.15) is 0 Å². The summed E-state index contributed by atoms with van der Waals surface area (Å²) in [4.78, 5) is 4.43. The van der Waals surface area contributed by atoms with Crippen molar-refractivity contribution in [3.8, 4) is 0 Å². The highest BCUT2D eigenvalue weighted by Gasteiger charge is 2.12. The molecule has 1 N–H and O–H groups in total. The highest BCUT2D eigenvalue weighted by Crippen LogP contribution is 2.27. The first-order valence-corrected chi connectivity index (χ1v) is 6.69. The van der Waals surface area contributed by atoms with Crippen LogP contribution < -0.4 is 4.90 Å². The molecule has 1 aromatic carbocycles. The largest absolute Gasteiger partial charge is 0.388 e. The molecule has 0 saturated heterocycles. The third kappa shape index (κ3) is 4.31. The monoisotopic (exact) mass is 250 g/mol. The molecule has 0 heterocycles. The zero-order chi connectivity index (χ0) is 13.5. The van der Waals surface area contributed by atoms with Crippen molar-refractivity contribution < 1.29 is 5.11 Å². The van der Waals surface area contributed by atoms with Crippen LogP contribution in [-0.4, -0.2) is 44.2 Å². The van der Waals surface area contributed by atoms with Gasteiger partial charge in [-0.05, 0) is 39.5 Å². The maximum absolute atomic E-state index is 10.0. The van der Waals surface area contributed by atoms with Gasteiger partial charge in [0.15, 0.2) is 0 Å². The zero-order valence-corrected chi connectivity index (χ0v) is 12.1. The number of anilines is 1. The lowest BCUT2D eigenvalue weighted by Gasteiger charge is -2.25. The fourth-order valence-corrected chi connectivity index (χ4v) is 2.08. The normalized spacial score (nSPS) is 12.8. The van der Waals surface area contributed by atoms with Crippen LogP contribution in [0.5, 0.6) is 0 Å². The van der Waals surface area contributed by atoms with Crippen LogP contribution in [0.25, 0.3) is 0 Å². The molecule has 1 rings (SSSR count). The lowest BCUT2D eigenvalue weighted by molar-refractivity contribution is 0.174. The maximum atomic E-state index is 10.0. The average molecular weight is 250 g/mol. The van der Waals surface area contributed by atoms with E-state index in [2.05, 4.69) is 37.0 Å². The summed E-state index contributed by atoms with van der Waals surface area (Å²) >= 11 is 0. The molecular weight excluding hydrogens is 224 g/mol. The minimum atomic E-state index is -0.363. The predicted molar refractivity (Wildman–Crippen MR) is 78.1 cm³/mol. The molecule has 0 aliphatic carbocycles. The Morgan fingerprint density at radius 3 is 2.39 bits per heavy atom. The standard InChI is InChI=1S/C15H26N2O/c1-5-15(18)13-9-6-7-10-14(13)17(4)12-8-11-16(2)3/h6-7,9-10,15,18H,5,8,11-12H2,1-4H3. The van der Waals surface area contributed by atoms with Crippen LogP contribution in [0.15, 0.2) is 24.3 Å². The predicted octanol–water partition coefficient (Wildman–Crippen LogP) is 2.52. The number of hydrogen-bond donors (Lipinski definition) is 1. The van der Waals surface area contributed by atoms with Gasteiger partial charge in [-0.15, -0.1) is 0 Å². The van der Waals surface area contributed by atoms with E-state index in [1.54, 1.807) is 0 Å². The molecule has 0 radical (unpaired) electrons. The fourth-order valence-electron chi connectivity index (χ4n) is 2.08. The highest BCUT2D eigenvalue weighted by atomic mass is 16.3. The highest BCUT2D eigenvalue weighted by molar-refractivity contribution is 5.54. The molecule has 0 saturated carbocycles. The van der Waals surface area contributed by atoms with Crippen molar-refractivity contribution in [3.05, 3.63) is 29.8 Å². The third-order valence-corrected chi connectivity index (χ3v) is 3.19. The molecule has 0 aliphatic heterocycles. The van der Waals surface area contributed by atoms with Gasteiger partial charge in [-0.25, -0.2) is 0 Å². The van der Waals surface area contributed by atoms with E-state index in [4.69, 9.17) is 0 Å². The second-order valence-electron chi connectivity index (χ2n) is 5.06. The summed E-state index contributed by atoms with van der Waals surface area (Å²) in [7, 11) is 6.28. The Labute approximate surface area is 111 Å². The summed E-state index contributed by atoms with van der Waals surface area (Å²) in [6.45, 7) is 4.10. The van der Waals surface area contributed by atoms with E-state index in [-0.39, 0.29) is 6.10 Å². The molecule has 1 unspecified atom stereocenters. The Balaban J connectivity index is 2.69. The first-order valence-electron chi connectivity index (χ1n) is 6.69. The number of aliphatic hydroxyl groups is 1. The summed E-state index contributed by atoms with van der Waals surface area (Å²) in [5.74, 6) is 0. The van der Waals surface area contributed by atoms with Crippen molar-refractivity contribution in [1.29, 1.82) is 0 Å². The topological polar surface area (TPSA) is 26.7 Å². The van der Waals surface area contributed by atoms with Gasteiger partial charge in [-0.1, -0.05) is 25.1 Å². The Morgan fingerprint density at radius 2 is 1.78 bits per heavy atom. The van der Waals surface area contributed by atoms with E-state index in [1.165, 1.54) is 0 Å². The van der Waals surface area contributed by atoms with E-state index in [9.17, 15) is 5.11 Å². The van der Waals surface area contributed by atoms with Gasteiger partial charge >= 0.3 is 0 Å². The van der Waals surface area contributed by atoms with Crippen molar-refractivity contribution in [2.75, 3.05) is 39.1 Å². The average Bonchev–Trinajstić information content (AvgIpc) is 2.37. The Morgan fingerprint density at radius 1 is 1.11 bits per heavy atom. The maximum Gasteiger partial charge on any atom is 0.0807 e. The van der Waals surface area contributed by atoms with Crippen LogP contribution in [0.3, 0.4) is 0 Å². The summed E-state index contributed by atoms with van der Waals surface area (Å²) in [6.07, 6.45) is 1.51. The van der Waals surface area contributed by atoms with Gasteiger partial charge in [-0.3, -0.25) is 0 Å². The molecule has 0 amide bonds. The first-order chi connectivity index (χ1) is 8.56. The second kappa shape index (κ2) is 7.39. The van der Waals surface area contributed by atoms with E-state index >= 15 is 0 Å². The molecule has 0 spiro atoms. The number of rotatable bonds is 7. The van der Waals surface area contributed by atoms with Crippen molar-refractivity contribution in [2.45, 2.75) is 25.9 Å². The summed E-state index contributed by atoms with van der Waals surface area (Å²) in [5, 5.41) is 10.0. The molecule has 0 aliphatic rings. The minimum Gasteiger partial charge on any atom is -0.388 e. The van der Waals surface area contributed by atoms with Crippen LogP contribution in [0, 0.1) is 0 Å². The molecule has 3 heteroatoms. The Hall–Kier alpha value is -1.06. The quantitative estimate of drug-likeness (QED) is 0.805. The minimum absolute atomic E-state index is 0.363. The lowest BCUT2D eigenvalue weighted by Crippen LogP contribution is -2.24. The number of benzene rings is 1. The van der Waals surface area contributed by atoms with Crippen LogP contribution in [0.1, 0.15) is 31.4 Å². The van der Waals surface area contributed by atoms with Crippen LogP contribution in [0.4, 0.5) is 5.69 Å². The zero-order valence-electron chi connectivity index (χ0n) is 12.1. The van der Waals surface area contributed by atoms with Gasteiger partial charge in [0.2, 0.25) is 0 Å². The van der Waals surface area contributed by atoms with Crippen LogP contribution in [0.2, 0.25) is 0 Å². The van der Waals surface area contributed by atoms with Gasteiger partial charge in [0.05, 0.1) is 6.10 Å². The lowest BCUT2D eigenvalue weighted by atomic mass is 10.0. The molecule has 102 valence electrons. The van der Waals surface area contributed by atoms with E-state index in [0.717, 1.165) is 37.2 Å². The van der Waals surface area contributed by atoms with Crippen molar-refractivity contribution in [1.82, 2.24) is 4.90 Å². The number of para-hydroxylation sites is 1. The first kappa shape index (κ1) is 15.0. The van der Waals surface area contributed by atoms with Gasteiger partial charge in [0, 0.05) is 24.8 Å². The van der Waals surface area contributed by atoms with Crippen molar-refractivity contribution in [3.63, 3.8) is 0 Å². The number of aliphatic hydroxyl groups excluding tert-OH is 1. The van der Waals surface area contributed by atoms with E-state index in [0.29, 0.717) is 0 Å². The summed E-state index contributed by atoms with van der Waals surface area (Å²) in [6, 6.07) is 8.13. The summed E-state index contributed by atoms with van der Waals surface area (Å²) < 4.78 is 0. The fraction of sp³-hybridized carbons (Fsp3) is 0.600. The molecule has 0 aromatic heterocycles. The van der Waals surface area contributed by atoms with Gasteiger partial charge in [0.25, 0.3) is 0 Å². The van der Waals surface area contributed by atoms with Gasteiger partial charge in [-0.2, -0.15) is 0 Å². The Kier molecular flexibility index (Phi) is 6.16. The molecular formula is C15H26N2O. The molecule has 1 atom stereocenters. The second-order valence-corrected chi connectivity index (χ2v) is 5.06. The summed E-state index contributed by atoms with van der Waals surface area (Å²) in [5.41, 5.74) is 2.18. The molecule has 18 heavy (non-hydrogen) atoms. The molecule has 3 nitrogen and oxygen atoms in total. The van der Waals surface area contributed by atoms with Crippen LogP contribution >= 0.6 is 0 Å². The van der Waals surface area contributed by atoms with Crippen molar-refractivity contribution >= 4 is 5.69 Å². The van der Waals surface area contributed by atoms with Crippen molar-refractivity contribution in [2.24, 2.45) is 0 Å². The smallest absolute Gasteiger partial charge is 0.0807 e. The van der Waals surface area contributed by atoms with E-state index < -0.39 is 0 Å². The molecule has 0 fully saturated rings. The Bertz CT molecular complexity index is 352. The third-order valence-electron chi connectivity index (χ3n) is 3.19. The molecule has 0 bridgehead atoms. The van der Waals surface area contributed by atoms with E-state index in [1.807, 2.05) is 25.1 Å². The number of nitrogens with zero attached hydrogens (tertiary/aromatic N) is 2. The number of hydrogen-bond acceptors (Lipinski definition) is 3. The van der Waals surface area contributed by atoms with Gasteiger partial charge < -0.3 is 14.9 Å². The SMILES string of the molecule is CCC(O)c1ccccc1N(C)CCCN(C)C.